The van der Waals surface area contributed by atoms with Gasteiger partial charge in [-0.25, -0.2) is 9.59 Å². The van der Waals surface area contributed by atoms with E-state index in [0.29, 0.717) is 22.9 Å². The molecule has 0 aliphatic rings. The Labute approximate surface area is 173 Å². The zero-order valence-electron chi connectivity index (χ0n) is 17.2. The summed E-state index contributed by atoms with van der Waals surface area (Å²) in [7, 11) is 0. The molecule has 0 radical (unpaired) electrons. The van der Waals surface area contributed by atoms with Crippen molar-refractivity contribution in [2.75, 3.05) is 6.54 Å². The second kappa shape index (κ2) is 9.91. The van der Waals surface area contributed by atoms with E-state index in [-0.39, 0.29) is 36.6 Å². The van der Waals surface area contributed by atoms with Gasteiger partial charge in [-0.1, -0.05) is 20.3 Å². The molecule has 1 heterocycles. The van der Waals surface area contributed by atoms with Crippen molar-refractivity contribution in [2.24, 2.45) is 5.92 Å². The first kappa shape index (κ1) is 22.9. The van der Waals surface area contributed by atoms with Gasteiger partial charge in [0.05, 0.1) is 6.54 Å². The Morgan fingerprint density at radius 3 is 2.53 bits per heavy atom. The van der Waals surface area contributed by atoms with Crippen LogP contribution in [0, 0.1) is 12.8 Å². The number of amides is 2. The standard InChI is InChI=1S/C21H26N2O7/c1-4-11(2)19(20(27)28)23-18(26)10-22-17(25)8-7-15-12(3)14-6-5-13(24)9-16(14)30-21(15)29/h5-6,9,11,19,24H,4,7-8,10H2,1-3H3,(H,22,25)(H,23,26)(H,27,28)/t11-,19+/m1/s1. The van der Waals surface area contributed by atoms with Crippen LogP contribution in [0.15, 0.2) is 27.4 Å². The van der Waals surface area contributed by atoms with Gasteiger partial charge in [0.25, 0.3) is 0 Å². The normalized spacial score (nSPS) is 12.9. The summed E-state index contributed by atoms with van der Waals surface area (Å²) in [6.07, 6.45) is 0.649. The maximum atomic E-state index is 12.2. The van der Waals surface area contributed by atoms with Gasteiger partial charge >= 0.3 is 11.6 Å². The number of aromatic hydroxyl groups is 1. The summed E-state index contributed by atoms with van der Waals surface area (Å²) >= 11 is 0. The summed E-state index contributed by atoms with van der Waals surface area (Å²) in [5, 5.41) is 24.2. The fraction of sp³-hybridized carbons (Fsp3) is 0.429. The van der Waals surface area contributed by atoms with Gasteiger partial charge in [0.2, 0.25) is 11.8 Å². The molecule has 1 aromatic heterocycles. The lowest BCUT2D eigenvalue weighted by atomic mass is 9.99. The molecule has 1 aromatic carbocycles. The fourth-order valence-electron chi connectivity index (χ4n) is 3.09. The van der Waals surface area contributed by atoms with Crippen molar-refractivity contribution in [3.63, 3.8) is 0 Å². The molecule has 0 saturated carbocycles. The van der Waals surface area contributed by atoms with E-state index in [9.17, 15) is 29.4 Å². The van der Waals surface area contributed by atoms with Crippen LogP contribution in [0.2, 0.25) is 0 Å². The number of carbonyl (C=O) groups excluding carboxylic acids is 2. The first-order chi connectivity index (χ1) is 14.1. The maximum Gasteiger partial charge on any atom is 0.339 e. The molecule has 0 saturated heterocycles. The molecule has 2 aromatic rings. The predicted octanol–water partition coefficient (Wildman–Crippen LogP) is 1.47. The SMILES string of the molecule is CC[C@@H](C)[C@H](NC(=O)CNC(=O)CCc1c(C)c2ccc(O)cc2oc1=O)C(=O)O. The summed E-state index contributed by atoms with van der Waals surface area (Å²) in [4.78, 5) is 47.5. The van der Waals surface area contributed by atoms with E-state index >= 15 is 0 Å². The van der Waals surface area contributed by atoms with E-state index < -0.39 is 29.5 Å². The second-order valence-electron chi connectivity index (χ2n) is 7.22. The number of carbonyl (C=O) groups is 3. The number of nitrogens with one attached hydrogen (secondary N) is 2. The minimum absolute atomic E-state index is 0.0195. The fourth-order valence-corrected chi connectivity index (χ4v) is 3.09. The smallest absolute Gasteiger partial charge is 0.339 e. The zero-order chi connectivity index (χ0) is 22.4. The van der Waals surface area contributed by atoms with Crippen LogP contribution >= 0.6 is 0 Å². The van der Waals surface area contributed by atoms with Gasteiger partial charge in [-0.05, 0) is 37.0 Å². The number of phenolic OH excluding ortho intramolecular Hbond substituents is 1. The summed E-state index contributed by atoms with van der Waals surface area (Å²) < 4.78 is 5.22. The van der Waals surface area contributed by atoms with Crippen LogP contribution in [-0.2, 0) is 20.8 Å². The molecule has 2 rings (SSSR count). The van der Waals surface area contributed by atoms with Crippen molar-refractivity contribution >= 4 is 28.8 Å². The topological polar surface area (TPSA) is 146 Å². The van der Waals surface area contributed by atoms with Crippen molar-refractivity contribution in [1.29, 1.82) is 0 Å². The Morgan fingerprint density at radius 1 is 1.20 bits per heavy atom. The van der Waals surface area contributed by atoms with Gasteiger partial charge in [-0.3, -0.25) is 9.59 Å². The molecule has 0 aliphatic heterocycles. The number of hydrogen-bond acceptors (Lipinski definition) is 6. The highest BCUT2D eigenvalue weighted by Gasteiger charge is 2.25. The lowest BCUT2D eigenvalue weighted by molar-refractivity contribution is -0.143. The van der Waals surface area contributed by atoms with E-state index in [0.717, 1.165) is 0 Å². The summed E-state index contributed by atoms with van der Waals surface area (Å²) in [6.45, 7) is 4.92. The number of phenols is 1. The molecule has 4 N–H and O–H groups in total. The van der Waals surface area contributed by atoms with Crippen LogP contribution in [-0.4, -0.2) is 40.6 Å². The molecular formula is C21H26N2O7. The van der Waals surface area contributed by atoms with Crippen LogP contribution in [0.4, 0.5) is 0 Å². The summed E-state index contributed by atoms with van der Waals surface area (Å²) in [5.41, 5.74) is 0.672. The third-order valence-corrected chi connectivity index (χ3v) is 5.11. The molecule has 2 atom stereocenters. The molecule has 9 nitrogen and oxygen atoms in total. The monoisotopic (exact) mass is 418 g/mol. The predicted molar refractivity (Wildman–Crippen MR) is 109 cm³/mol. The van der Waals surface area contributed by atoms with Gasteiger partial charge in [0.15, 0.2) is 0 Å². The molecule has 162 valence electrons. The average molecular weight is 418 g/mol. The number of carboxylic acid groups (broad SMARTS) is 1. The van der Waals surface area contributed by atoms with Crippen molar-refractivity contribution in [1.82, 2.24) is 10.6 Å². The quantitative estimate of drug-likeness (QED) is 0.451. The number of hydrogen-bond donors (Lipinski definition) is 4. The van der Waals surface area contributed by atoms with Crippen LogP contribution in [0.25, 0.3) is 11.0 Å². The third-order valence-electron chi connectivity index (χ3n) is 5.11. The van der Waals surface area contributed by atoms with Gasteiger partial charge in [0.1, 0.15) is 17.4 Å². The van der Waals surface area contributed by atoms with Crippen molar-refractivity contribution in [2.45, 2.75) is 46.1 Å². The minimum Gasteiger partial charge on any atom is -0.508 e. The number of aryl methyl sites for hydroxylation is 1. The average Bonchev–Trinajstić information content (AvgIpc) is 2.69. The van der Waals surface area contributed by atoms with Crippen LogP contribution < -0.4 is 16.3 Å². The molecule has 0 aliphatic carbocycles. The third kappa shape index (κ3) is 5.59. The first-order valence-corrected chi connectivity index (χ1v) is 9.68. The van der Waals surface area contributed by atoms with Gasteiger partial charge in [-0.2, -0.15) is 0 Å². The Kier molecular flexibility index (Phi) is 7.57. The van der Waals surface area contributed by atoms with Crippen molar-refractivity contribution in [3.8, 4) is 5.75 Å². The van der Waals surface area contributed by atoms with Crippen molar-refractivity contribution in [3.05, 3.63) is 39.7 Å². The molecule has 0 bridgehead atoms. The lowest BCUT2D eigenvalue weighted by Crippen LogP contribution is -2.48. The highest BCUT2D eigenvalue weighted by molar-refractivity contribution is 5.88. The molecule has 30 heavy (non-hydrogen) atoms. The second-order valence-corrected chi connectivity index (χ2v) is 7.22. The Bertz CT molecular complexity index is 1010. The molecular weight excluding hydrogens is 392 g/mol. The molecule has 2 amide bonds. The van der Waals surface area contributed by atoms with E-state index in [1.54, 1.807) is 19.9 Å². The number of fused-ring (bicyclic) bond motifs is 1. The lowest BCUT2D eigenvalue weighted by Gasteiger charge is -2.20. The number of rotatable bonds is 9. The Morgan fingerprint density at radius 2 is 1.90 bits per heavy atom. The van der Waals surface area contributed by atoms with E-state index in [2.05, 4.69) is 10.6 Å². The number of aliphatic carboxylic acids is 1. The Balaban J connectivity index is 1.95. The zero-order valence-corrected chi connectivity index (χ0v) is 17.2. The van der Waals surface area contributed by atoms with Crippen LogP contribution in [0.5, 0.6) is 5.75 Å². The number of benzene rings is 1. The molecule has 9 heteroatoms. The first-order valence-electron chi connectivity index (χ1n) is 9.68. The highest BCUT2D eigenvalue weighted by atomic mass is 16.4. The van der Waals surface area contributed by atoms with Gasteiger partial charge < -0.3 is 25.3 Å². The van der Waals surface area contributed by atoms with Crippen LogP contribution in [0.3, 0.4) is 0 Å². The van der Waals surface area contributed by atoms with Crippen molar-refractivity contribution < 1.29 is 29.0 Å². The largest absolute Gasteiger partial charge is 0.508 e. The summed E-state index contributed by atoms with van der Waals surface area (Å²) in [5.74, 6) is -2.45. The molecule has 0 unspecified atom stereocenters. The summed E-state index contributed by atoms with van der Waals surface area (Å²) in [6, 6.07) is 3.44. The van der Waals surface area contributed by atoms with Crippen LogP contribution in [0.1, 0.15) is 37.8 Å². The maximum absolute atomic E-state index is 12.2. The highest BCUT2D eigenvalue weighted by Crippen LogP contribution is 2.23. The van der Waals surface area contributed by atoms with E-state index in [1.807, 2.05) is 6.92 Å². The number of carboxylic acids is 1. The molecule has 0 spiro atoms. The molecule has 0 fully saturated rings. The van der Waals surface area contributed by atoms with E-state index in [4.69, 9.17) is 4.42 Å². The van der Waals surface area contributed by atoms with Gasteiger partial charge in [0, 0.05) is 23.4 Å². The van der Waals surface area contributed by atoms with E-state index in [1.165, 1.54) is 12.1 Å². The van der Waals surface area contributed by atoms with Gasteiger partial charge in [-0.15, -0.1) is 0 Å². The minimum atomic E-state index is -1.13. The Hall–Kier alpha value is -3.36.